The number of pyridine rings is 1. The van der Waals surface area contributed by atoms with Crippen molar-refractivity contribution in [2.24, 2.45) is 0 Å². The minimum Gasteiger partial charge on any atom is -0.481 e. The highest BCUT2D eigenvalue weighted by Crippen LogP contribution is 2.34. The highest BCUT2D eigenvalue weighted by atomic mass is 32.1. The van der Waals surface area contributed by atoms with Crippen molar-refractivity contribution in [1.82, 2.24) is 9.55 Å². The number of hydrogen-bond acceptors (Lipinski definition) is 4. The van der Waals surface area contributed by atoms with Gasteiger partial charge in [0.15, 0.2) is 0 Å². The summed E-state index contributed by atoms with van der Waals surface area (Å²) < 4.78 is 6.82. The van der Waals surface area contributed by atoms with E-state index in [-0.39, 0.29) is 0 Å². The highest BCUT2D eigenvalue weighted by Gasteiger charge is 2.15. The lowest BCUT2D eigenvalue weighted by Crippen LogP contribution is -1.97. The van der Waals surface area contributed by atoms with Crippen LogP contribution in [0.4, 0.5) is 0 Å². The monoisotopic (exact) mass is 246 g/mol. The van der Waals surface area contributed by atoms with E-state index in [1.54, 1.807) is 23.0 Å². The summed E-state index contributed by atoms with van der Waals surface area (Å²) in [5.74, 6) is 0.575. The summed E-state index contributed by atoms with van der Waals surface area (Å²) in [4.78, 5) is 16.5. The molecule has 0 aromatic carbocycles. The van der Waals surface area contributed by atoms with E-state index < -0.39 is 0 Å². The molecule has 0 aliphatic rings. The molecule has 4 nitrogen and oxygen atoms in total. The van der Waals surface area contributed by atoms with Gasteiger partial charge in [-0.05, 0) is 18.4 Å². The fourth-order valence-electron chi connectivity index (χ4n) is 2.15. The van der Waals surface area contributed by atoms with E-state index in [4.69, 9.17) is 4.74 Å². The van der Waals surface area contributed by atoms with E-state index >= 15 is 0 Å². The van der Waals surface area contributed by atoms with Crippen molar-refractivity contribution >= 4 is 38.9 Å². The topological polar surface area (TPSA) is 44.1 Å². The van der Waals surface area contributed by atoms with Crippen molar-refractivity contribution in [2.45, 2.75) is 6.92 Å². The Balaban J connectivity index is 2.58. The molecular formula is C12H10N2O2S. The summed E-state index contributed by atoms with van der Waals surface area (Å²) >= 11 is 1.55. The molecule has 0 atom stereocenters. The summed E-state index contributed by atoms with van der Waals surface area (Å²) in [5.41, 5.74) is 1.66. The number of thiophene rings is 1. The Labute approximate surface area is 101 Å². The Morgan fingerprint density at radius 1 is 1.47 bits per heavy atom. The van der Waals surface area contributed by atoms with Gasteiger partial charge in [-0.3, -0.25) is 9.36 Å². The van der Waals surface area contributed by atoms with Gasteiger partial charge in [0.2, 0.25) is 12.3 Å². The third-order valence-electron chi connectivity index (χ3n) is 2.85. The first-order valence-corrected chi connectivity index (χ1v) is 6.02. The van der Waals surface area contributed by atoms with E-state index in [0.717, 1.165) is 33.2 Å². The quantitative estimate of drug-likeness (QED) is 0.653. The fraction of sp³-hybridized carbons (Fsp3) is 0.167. The van der Waals surface area contributed by atoms with Crippen LogP contribution >= 0.6 is 11.3 Å². The second-order valence-electron chi connectivity index (χ2n) is 3.76. The van der Waals surface area contributed by atoms with Crippen LogP contribution < -0.4 is 4.74 Å². The number of carbonyl (C=O) groups excluding carboxylic acids is 1. The van der Waals surface area contributed by atoms with Gasteiger partial charge in [-0.1, -0.05) is 0 Å². The van der Waals surface area contributed by atoms with Gasteiger partial charge < -0.3 is 4.74 Å². The molecule has 0 saturated carbocycles. The molecule has 0 N–H and O–H groups in total. The van der Waals surface area contributed by atoms with Crippen LogP contribution in [-0.2, 0) is 4.79 Å². The lowest BCUT2D eigenvalue weighted by atomic mass is 10.2. The molecule has 0 bridgehead atoms. The summed E-state index contributed by atoms with van der Waals surface area (Å²) in [6.07, 6.45) is 0.836. The average molecular weight is 246 g/mol. The number of fused-ring (bicyclic) bond motifs is 3. The van der Waals surface area contributed by atoms with Gasteiger partial charge in [-0.25, -0.2) is 4.98 Å². The molecule has 3 rings (SSSR count). The molecule has 3 aromatic heterocycles. The lowest BCUT2D eigenvalue weighted by Gasteiger charge is -2.03. The van der Waals surface area contributed by atoms with E-state index in [0.29, 0.717) is 5.88 Å². The average Bonchev–Trinajstić information content (AvgIpc) is 2.89. The molecule has 0 amide bonds. The third kappa shape index (κ3) is 1.29. The van der Waals surface area contributed by atoms with E-state index in [2.05, 4.69) is 4.98 Å². The van der Waals surface area contributed by atoms with Crippen molar-refractivity contribution in [3.8, 4) is 5.88 Å². The lowest BCUT2D eigenvalue weighted by molar-refractivity contribution is 0.398. The van der Waals surface area contributed by atoms with Gasteiger partial charge in [0, 0.05) is 16.8 Å². The number of carbonyl (C=O) groups is 1. The van der Waals surface area contributed by atoms with Crippen LogP contribution in [0.3, 0.4) is 0 Å². The Morgan fingerprint density at radius 3 is 3.00 bits per heavy atom. The molecule has 0 fully saturated rings. The van der Waals surface area contributed by atoms with E-state index in [1.165, 1.54) is 0 Å². The predicted molar refractivity (Wildman–Crippen MR) is 68.6 cm³/mol. The predicted octanol–water partition coefficient (Wildman–Crippen LogP) is 2.61. The van der Waals surface area contributed by atoms with Crippen LogP contribution in [0.25, 0.3) is 21.1 Å². The molecule has 3 heterocycles. The number of nitrogens with zero attached hydrogens (tertiary/aromatic N) is 2. The van der Waals surface area contributed by atoms with Crippen molar-refractivity contribution in [3.05, 3.63) is 23.2 Å². The summed E-state index contributed by atoms with van der Waals surface area (Å²) in [5, 5.41) is 4.06. The maximum atomic E-state index is 11.2. The Morgan fingerprint density at radius 2 is 2.29 bits per heavy atom. The number of aryl methyl sites for hydroxylation is 1. The SMILES string of the molecule is COc1cc2c3ccsc3n(C=O)c2c(C)n1. The zero-order valence-electron chi connectivity index (χ0n) is 9.43. The van der Waals surface area contributed by atoms with Gasteiger partial charge in [0.25, 0.3) is 0 Å². The first-order valence-electron chi connectivity index (χ1n) is 5.14. The molecule has 0 unspecified atom stereocenters. The summed E-state index contributed by atoms with van der Waals surface area (Å²) in [6, 6.07) is 3.89. The van der Waals surface area contributed by atoms with Crippen LogP contribution in [0, 0.1) is 6.92 Å². The maximum absolute atomic E-state index is 11.2. The van der Waals surface area contributed by atoms with E-state index in [9.17, 15) is 4.79 Å². The summed E-state index contributed by atoms with van der Waals surface area (Å²) in [7, 11) is 1.59. The minimum absolute atomic E-state index is 0.575. The number of rotatable bonds is 2. The maximum Gasteiger partial charge on any atom is 0.219 e. The van der Waals surface area contributed by atoms with Crippen molar-refractivity contribution in [2.75, 3.05) is 7.11 Å². The Bertz CT molecular complexity index is 727. The van der Waals surface area contributed by atoms with Gasteiger partial charge in [-0.15, -0.1) is 11.3 Å². The van der Waals surface area contributed by atoms with Crippen molar-refractivity contribution in [1.29, 1.82) is 0 Å². The van der Waals surface area contributed by atoms with Gasteiger partial charge in [-0.2, -0.15) is 0 Å². The number of methoxy groups -OCH3 is 1. The second-order valence-corrected chi connectivity index (χ2v) is 4.66. The molecule has 0 aliphatic carbocycles. The van der Waals surface area contributed by atoms with Gasteiger partial charge >= 0.3 is 0 Å². The molecule has 0 aliphatic heterocycles. The van der Waals surface area contributed by atoms with Gasteiger partial charge in [0.05, 0.1) is 18.3 Å². The van der Waals surface area contributed by atoms with Crippen molar-refractivity contribution in [3.63, 3.8) is 0 Å². The fourth-order valence-corrected chi connectivity index (χ4v) is 3.03. The van der Waals surface area contributed by atoms with E-state index in [1.807, 2.05) is 24.4 Å². The molecule has 0 spiro atoms. The van der Waals surface area contributed by atoms with Crippen molar-refractivity contribution < 1.29 is 9.53 Å². The minimum atomic E-state index is 0.575. The van der Waals surface area contributed by atoms with Crippen LogP contribution in [0.1, 0.15) is 5.69 Å². The Hall–Kier alpha value is -1.88. The molecular weight excluding hydrogens is 236 g/mol. The molecule has 17 heavy (non-hydrogen) atoms. The molecule has 0 radical (unpaired) electrons. The standard InChI is InChI=1S/C12H10N2O2S/c1-7-11-9(5-10(13-7)16-2)8-3-4-17-12(8)14(11)6-15/h3-6H,1-2H3. The number of aromatic nitrogens is 2. The number of hydrogen-bond donors (Lipinski definition) is 0. The van der Waals surface area contributed by atoms with Crippen LogP contribution in [0.5, 0.6) is 5.88 Å². The highest BCUT2D eigenvalue weighted by molar-refractivity contribution is 7.17. The molecule has 0 saturated heterocycles. The molecule has 5 heteroatoms. The summed E-state index contributed by atoms with van der Waals surface area (Å²) in [6.45, 7) is 1.88. The first-order chi connectivity index (χ1) is 8.26. The van der Waals surface area contributed by atoms with Crippen LogP contribution in [0.15, 0.2) is 17.5 Å². The van der Waals surface area contributed by atoms with Gasteiger partial charge in [0.1, 0.15) is 4.83 Å². The third-order valence-corrected chi connectivity index (χ3v) is 3.76. The van der Waals surface area contributed by atoms with Crippen LogP contribution in [-0.4, -0.2) is 23.1 Å². The Kier molecular flexibility index (Phi) is 2.16. The number of ether oxygens (including phenoxy) is 1. The normalized spacial score (nSPS) is 11.2. The smallest absolute Gasteiger partial charge is 0.219 e. The first kappa shape index (κ1) is 10.3. The molecule has 86 valence electrons. The second kappa shape index (κ2) is 3.56. The van der Waals surface area contributed by atoms with Crippen LogP contribution in [0.2, 0.25) is 0 Å². The zero-order chi connectivity index (χ0) is 12.0. The molecule has 3 aromatic rings. The largest absolute Gasteiger partial charge is 0.481 e. The zero-order valence-corrected chi connectivity index (χ0v) is 10.2.